The minimum absolute atomic E-state index is 0.644. The minimum Gasteiger partial charge on any atom is -0.381 e. The molecular formula is C9H18N2OS. The summed E-state index contributed by atoms with van der Waals surface area (Å²) >= 11 is 5.12. The van der Waals surface area contributed by atoms with Gasteiger partial charge in [-0.3, -0.25) is 0 Å². The third-order valence-corrected chi connectivity index (χ3v) is 2.86. The van der Waals surface area contributed by atoms with Crippen molar-refractivity contribution in [3.05, 3.63) is 0 Å². The summed E-state index contributed by atoms with van der Waals surface area (Å²) in [7, 11) is 3.88. The first kappa shape index (κ1) is 10.7. The molecule has 0 spiro atoms. The van der Waals surface area contributed by atoms with Crippen molar-refractivity contribution in [3.63, 3.8) is 0 Å². The molecule has 13 heavy (non-hydrogen) atoms. The number of hydrogen-bond donors (Lipinski definition) is 1. The molecule has 1 atom stereocenters. The topological polar surface area (TPSA) is 24.5 Å². The van der Waals surface area contributed by atoms with Crippen LogP contribution in [0, 0.1) is 5.92 Å². The van der Waals surface area contributed by atoms with Gasteiger partial charge >= 0.3 is 0 Å². The third-order valence-electron chi connectivity index (χ3n) is 2.35. The number of rotatable bonds is 2. The summed E-state index contributed by atoms with van der Waals surface area (Å²) < 4.78 is 5.41. The summed E-state index contributed by atoms with van der Waals surface area (Å²) in [5, 5.41) is 3.78. The maximum absolute atomic E-state index is 5.41. The monoisotopic (exact) mass is 202 g/mol. The van der Waals surface area contributed by atoms with Crippen molar-refractivity contribution in [1.82, 2.24) is 10.2 Å². The maximum atomic E-state index is 5.41. The van der Waals surface area contributed by atoms with E-state index in [1.54, 1.807) is 0 Å². The highest BCUT2D eigenvalue weighted by Crippen LogP contribution is 2.14. The molecule has 0 aromatic heterocycles. The Bertz CT molecular complexity index is 169. The SMILES string of the molecule is CNC(=S)N(C)CC1CCCOC1. The quantitative estimate of drug-likeness (QED) is 0.671. The van der Waals surface area contributed by atoms with E-state index in [0.717, 1.165) is 24.9 Å². The Kier molecular flexibility index (Phi) is 4.45. The van der Waals surface area contributed by atoms with Gasteiger partial charge in [-0.15, -0.1) is 0 Å². The van der Waals surface area contributed by atoms with Gasteiger partial charge in [0.25, 0.3) is 0 Å². The third kappa shape index (κ3) is 3.48. The van der Waals surface area contributed by atoms with Gasteiger partial charge in [-0.25, -0.2) is 0 Å². The van der Waals surface area contributed by atoms with Crippen molar-refractivity contribution in [2.75, 3.05) is 33.9 Å². The number of ether oxygens (including phenoxy) is 1. The Labute approximate surface area is 85.4 Å². The van der Waals surface area contributed by atoms with Crippen LogP contribution in [-0.2, 0) is 4.74 Å². The molecule has 1 fully saturated rings. The lowest BCUT2D eigenvalue weighted by molar-refractivity contribution is 0.0485. The van der Waals surface area contributed by atoms with Crippen LogP contribution in [0.25, 0.3) is 0 Å². The van der Waals surface area contributed by atoms with Gasteiger partial charge in [0, 0.05) is 27.2 Å². The molecule has 4 heteroatoms. The van der Waals surface area contributed by atoms with Crippen LogP contribution in [0.5, 0.6) is 0 Å². The van der Waals surface area contributed by atoms with E-state index < -0.39 is 0 Å². The summed E-state index contributed by atoms with van der Waals surface area (Å²) in [4.78, 5) is 2.08. The summed E-state index contributed by atoms with van der Waals surface area (Å²) in [6, 6.07) is 0. The first-order valence-electron chi connectivity index (χ1n) is 4.74. The molecule has 3 nitrogen and oxygen atoms in total. The fourth-order valence-electron chi connectivity index (χ4n) is 1.61. The fraction of sp³-hybridized carbons (Fsp3) is 0.889. The molecule has 76 valence electrons. The predicted molar refractivity (Wildman–Crippen MR) is 57.8 cm³/mol. The Morgan fingerprint density at radius 3 is 3.00 bits per heavy atom. The normalized spacial score (nSPS) is 22.5. The first-order valence-corrected chi connectivity index (χ1v) is 5.15. The summed E-state index contributed by atoms with van der Waals surface area (Å²) in [6.45, 7) is 2.81. The molecule has 1 saturated heterocycles. The van der Waals surface area contributed by atoms with Gasteiger partial charge in [-0.05, 0) is 31.0 Å². The molecule has 1 aliphatic rings. The zero-order valence-electron chi connectivity index (χ0n) is 8.38. The lowest BCUT2D eigenvalue weighted by Gasteiger charge is -2.28. The van der Waals surface area contributed by atoms with Gasteiger partial charge in [0.1, 0.15) is 0 Å². The Balaban J connectivity index is 2.25. The van der Waals surface area contributed by atoms with Crippen LogP contribution in [0.2, 0.25) is 0 Å². The molecule has 0 aromatic rings. The predicted octanol–water partition coefficient (Wildman–Crippen LogP) is 0.849. The average molecular weight is 202 g/mol. The Morgan fingerprint density at radius 1 is 1.69 bits per heavy atom. The van der Waals surface area contributed by atoms with Crippen molar-refractivity contribution >= 4 is 17.3 Å². The zero-order chi connectivity index (χ0) is 9.68. The van der Waals surface area contributed by atoms with E-state index in [4.69, 9.17) is 17.0 Å². The van der Waals surface area contributed by atoms with E-state index in [1.165, 1.54) is 12.8 Å². The summed E-state index contributed by atoms with van der Waals surface area (Å²) in [5.41, 5.74) is 0. The van der Waals surface area contributed by atoms with Gasteiger partial charge in [-0.1, -0.05) is 0 Å². The van der Waals surface area contributed by atoms with Crippen LogP contribution >= 0.6 is 12.2 Å². The minimum atomic E-state index is 0.644. The van der Waals surface area contributed by atoms with E-state index in [0.29, 0.717) is 5.92 Å². The van der Waals surface area contributed by atoms with Crippen molar-refractivity contribution in [1.29, 1.82) is 0 Å². The second-order valence-corrected chi connectivity index (χ2v) is 3.91. The smallest absolute Gasteiger partial charge is 0.168 e. The average Bonchev–Trinajstić information content (AvgIpc) is 2.18. The lowest BCUT2D eigenvalue weighted by atomic mass is 10.0. The molecule has 0 aliphatic carbocycles. The molecule has 0 bridgehead atoms. The molecule has 0 radical (unpaired) electrons. The second kappa shape index (κ2) is 5.40. The lowest BCUT2D eigenvalue weighted by Crippen LogP contribution is -2.39. The second-order valence-electron chi connectivity index (χ2n) is 3.52. The number of hydrogen-bond acceptors (Lipinski definition) is 2. The van der Waals surface area contributed by atoms with E-state index in [-0.39, 0.29) is 0 Å². The zero-order valence-corrected chi connectivity index (χ0v) is 9.19. The van der Waals surface area contributed by atoms with Crippen LogP contribution in [0.1, 0.15) is 12.8 Å². The molecule has 1 N–H and O–H groups in total. The standard InChI is InChI=1S/C9H18N2OS/c1-10-9(13)11(2)6-8-4-3-5-12-7-8/h8H,3-7H2,1-2H3,(H,10,13). The number of nitrogens with one attached hydrogen (secondary N) is 1. The van der Waals surface area contributed by atoms with Gasteiger partial charge in [-0.2, -0.15) is 0 Å². The first-order chi connectivity index (χ1) is 6.24. The largest absolute Gasteiger partial charge is 0.381 e. The molecule has 1 unspecified atom stereocenters. The van der Waals surface area contributed by atoms with E-state index in [2.05, 4.69) is 10.2 Å². The Morgan fingerprint density at radius 2 is 2.46 bits per heavy atom. The molecule has 0 saturated carbocycles. The molecule has 0 aromatic carbocycles. The Hall–Kier alpha value is -0.350. The van der Waals surface area contributed by atoms with Crippen LogP contribution in [0.3, 0.4) is 0 Å². The molecular weight excluding hydrogens is 184 g/mol. The summed E-state index contributed by atoms with van der Waals surface area (Å²) in [6.07, 6.45) is 2.45. The van der Waals surface area contributed by atoms with Gasteiger partial charge in [0.2, 0.25) is 0 Å². The van der Waals surface area contributed by atoms with Gasteiger partial charge < -0.3 is 15.0 Å². The van der Waals surface area contributed by atoms with Crippen LogP contribution in [0.4, 0.5) is 0 Å². The molecule has 0 amide bonds. The van der Waals surface area contributed by atoms with Crippen LogP contribution in [-0.4, -0.2) is 43.9 Å². The van der Waals surface area contributed by atoms with Crippen LogP contribution in [0.15, 0.2) is 0 Å². The highest BCUT2D eigenvalue weighted by molar-refractivity contribution is 7.80. The van der Waals surface area contributed by atoms with Crippen molar-refractivity contribution < 1.29 is 4.74 Å². The number of thiocarbonyl (C=S) groups is 1. The van der Waals surface area contributed by atoms with Gasteiger partial charge in [0.15, 0.2) is 5.11 Å². The van der Waals surface area contributed by atoms with Crippen molar-refractivity contribution in [2.24, 2.45) is 5.92 Å². The highest BCUT2D eigenvalue weighted by atomic mass is 32.1. The number of nitrogens with zero attached hydrogens (tertiary/aromatic N) is 1. The van der Waals surface area contributed by atoms with Gasteiger partial charge in [0.05, 0.1) is 6.61 Å². The molecule has 1 aliphatic heterocycles. The summed E-state index contributed by atoms with van der Waals surface area (Å²) in [5.74, 6) is 0.644. The molecule has 1 heterocycles. The van der Waals surface area contributed by atoms with E-state index >= 15 is 0 Å². The van der Waals surface area contributed by atoms with Crippen molar-refractivity contribution in [3.8, 4) is 0 Å². The maximum Gasteiger partial charge on any atom is 0.168 e. The fourth-order valence-corrected chi connectivity index (χ4v) is 1.69. The van der Waals surface area contributed by atoms with Crippen molar-refractivity contribution in [2.45, 2.75) is 12.8 Å². The van der Waals surface area contributed by atoms with E-state index in [1.807, 2.05) is 14.1 Å². The van der Waals surface area contributed by atoms with Crippen LogP contribution < -0.4 is 5.32 Å². The highest BCUT2D eigenvalue weighted by Gasteiger charge is 2.16. The molecule has 1 rings (SSSR count). The van der Waals surface area contributed by atoms with E-state index in [9.17, 15) is 0 Å².